The number of carbonyl (C=O) groups excluding carboxylic acids is 1. The van der Waals surface area contributed by atoms with Crippen LogP contribution >= 0.6 is 0 Å². The van der Waals surface area contributed by atoms with Gasteiger partial charge in [-0.15, -0.1) is 0 Å². The third-order valence-electron chi connectivity index (χ3n) is 2.48. The zero-order valence-electron chi connectivity index (χ0n) is 11.8. The number of ether oxygens (including phenoxy) is 1. The summed E-state index contributed by atoms with van der Waals surface area (Å²) >= 11 is 0. The van der Waals surface area contributed by atoms with E-state index in [0.717, 1.165) is 23.3 Å². The molecular weight excluding hydrogens is 334 g/mol. The fourth-order valence-corrected chi connectivity index (χ4v) is 1.32. The van der Waals surface area contributed by atoms with Gasteiger partial charge in [-0.2, -0.15) is 22.0 Å². The summed E-state index contributed by atoms with van der Waals surface area (Å²) in [6.07, 6.45) is -15.4. The molecule has 1 rings (SSSR count). The number of nitrogens with one attached hydrogen (secondary N) is 1. The van der Waals surface area contributed by atoms with Gasteiger partial charge in [0.25, 0.3) is 6.17 Å². The molecule has 0 saturated heterocycles. The molecule has 2 amide bonds. The fraction of sp³-hybridized carbons (Fsp3) is 0.417. The predicted molar refractivity (Wildman–Crippen MR) is 66.8 cm³/mol. The summed E-state index contributed by atoms with van der Waals surface area (Å²) in [4.78, 5) is 16.0. The minimum absolute atomic E-state index is 0.0744. The van der Waals surface area contributed by atoms with Gasteiger partial charge in [-0.1, -0.05) is 6.07 Å². The normalized spacial score (nSPS) is 13.4. The van der Waals surface area contributed by atoms with Crippen molar-refractivity contribution in [1.29, 1.82) is 0 Å². The molecule has 0 aliphatic heterocycles. The number of halogens is 6. The van der Waals surface area contributed by atoms with Gasteiger partial charge >= 0.3 is 18.3 Å². The van der Waals surface area contributed by atoms with Gasteiger partial charge in [-0.3, -0.25) is 4.84 Å². The first-order chi connectivity index (χ1) is 10.5. The Kier molecular flexibility index (Phi) is 5.70. The van der Waals surface area contributed by atoms with Gasteiger partial charge < -0.3 is 10.1 Å². The van der Waals surface area contributed by atoms with Gasteiger partial charge in [0, 0.05) is 18.8 Å². The fourth-order valence-electron chi connectivity index (χ4n) is 1.32. The van der Waals surface area contributed by atoms with E-state index in [0.29, 0.717) is 0 Å². The lowest BCUT2D eigenvalue weighted by Gasteiger charge is -2.23. The van der Waals surface area contributed by atoms with Crippen LogP contribution in [-0.2, 0) is 4.84 Å². The second-order valence-electron chi connectivity index (χ2n) is 4.21. The van der Waals surface area contributed by atoms with E-state index in [2.05, 4.69) is 14.9 Å². The molecule has 1 N–H and O–H groups in total. The highest BCUT2D eigenvalue weighted by atomic mass is 19.4. The van der Waals surface area contributed by atoms with Crippen LogP contribution in [0.15, 0.2) is 24.3 Å². The van der Waals surface area contributed by atoms with E-state index in [9.17, 15) is 31.1 Å². The van der Waals surface area contributed by atoms with Crippen LogP contribution in [0.3, 0.4) is 0 Å². The Morgan fingerprint density at radius 2 is 1.87 bits per heavy atom. The molecule has 11 heteroatoms. The Hall–Kier alpha value is -2.17. The van der Waals surface area contributed by atoms with Crippen LogP contribution in [0.1, 0.15) is 0 Å². The molecule has 0 saturated carbocycles. The quantitative estimate of drug-likeness (QED) is 0.655. The summed E-state index contributed by atoms with van der Waals surface area (Å²) in [5, 5.41) is 2.97. The van der Waals surface area contributed by atoms with Gasteiger partial charge in [0.05, 0.1) is 7.11 Å². The molecule has 0 spiro atoms. The highest BCUT2D eigenvalue weighted by Gasteiger charge is 2.59. The standard InChI is InChI=1S/C12H12F6N2O3/c1-20(22-2)10(21)19-7-4-3-5-8(6-7)23-12(17,18)9(13)11(14,15)16/h3-6,9H,1-2H3,(H,19,21). The highest BCUT2D eigenvalue weighted by Crippen LogP contribution is 2.36. The van der Waals surface area contributed by atoms with Crippen molar-refractivity contribution in [3.05, 3.63) is 24.3 Å². The lowest BCUT2D eigenvalue weighted by Crippen LogP contribution is -2.45. The predicted octanol–water partition coefficient (Wildman–Crippen LogP) is 3.58. The maximum Gasteiger partial charge on any atom is 0.439 e. The number of amides is 2. The van der Waals surface area contributed by atoms with Crippen LogP contribution in [0.4, 0.5) is 36.8 Å². The summed E-state index contributed by atoms with van der Waals surface area (Å²) in [7, 11) is 2.44. The first-order valence-electron chi connectivity index (χ1n) is 5.94. The average Bonchev–Trinajstić information content (AvgIpc) is 2.44. The zero-order chi connectivity index (χ0) is 17.8. The van der Waals surface area contributed by atoms with Crippen molar-refractivity contribution in [2.24, 2.45) is 0 Å². The Morgan fingerprint density at radius 3 is 2.39 bits per heavy atom. The summed E-state index contributed by atoms with van der Waals surface area (Å²) in [5.41, 5.74) is -0.0744. The highest BCUT2D eigenvalue weighted by molar-refractivity contribution is 5.88. The number of anilines is 1. The first kappa shape index (κ1) is 18.9. The average molecular weight is 346 g/mol. The van der Waals surface area contributed by atoms with Crippen LogP contribution in [0.25, 0.3) is 0 Å². The van der Waals surface area contributed by atoms with Crippen LogP contribution < -0.4 is 10.1 Å². The topological polar surface area (TPSA) is 50.8 Å². The number of rotatable bonds is 5. The summed E-state index contributed by atoms with van der Waals surface area (Å²) in [6.45, 7) is 0. The van der Waals surface area contributed by atoms with Crippen LogP contribution in [0.2, 0.25) is 0 Å². The number of carbonyl (C=O) groups is 1. The van der Waals surface area contributed by atoms with Crippen molar-refractivity contribution in [2.45, 2.75) is 18.5 Å². The number of hydroxylamine groups is 2. The van der Waals surface area contributed by atoms with Gasteiger partial charge in [0.15, 0.2) is 0 Å². The molecular formula is C12H12F6N2O3. The van der Waals surface area contributed by atoms with Crippen molar-refractivity contribution in [1.82, 2.24) is 5.06 Å². The summed E-state index contributed by atoms with van der Waals surface area (Å²) in [6, 6.07) is 3.28. The van der Waals surface area contributed by atoms with Crippen molar-refractivity contribution < 1.29 is 40.7 Å². The third-order valence-corrected chi connectivity index (χ3v) is 2.48. The smallest absolute Gasteiger partial charge is 0.430 e. The SMILES string of the molecule is CON(C)C(=O)Nc1cccc(OC(F)(F)C(F)C(F)(F)F)c1. The Labute approximate surface area is 126 Å². The molecule has 5 nitrogen and oxygen atoms in total. The molecule has 0 aliphatic rings. The van der Waals surface area contributed by atoms with Crippen LogP contribution in [0.5, 0.6) is 5.75 Å². The van der Waals surface area contributed by atoms with E-state index >= 15 is 0 Å². The maximum atomic E-state index is 13.1. The number of urea groups is 1. The van der Waals surface area contributed by atoms with Crippen LogP contribution in [0, 0.1) is 0 Å². The number of hydrogen-bond donors (Lipinski definition) is 1. The van der Waals surface area contributed by atoms with E-state index in [4.69, 9.17) is 0 Å². The Morgan fingerprint density at radius 1 is 1.26 bits per heavy atom. The lowest BCUT2D eigenvalue weighted by molar-refractivity contribution is -0.304. The van der Waals surface area contributed by atoms with Gasteiger partial charge in [0.2, 0.25) is 0 Å². The third kappa shape index (κ3) is 5.20. The van der Waals surface area contributed by atoms with Crippen LogP contribution in [-0.4, -0.2) is 43.7 Å². The molecule has 0 fully saturated rings. The molecule has 1 aromatic carbocycles. The zero-order valence-corrected chi connectivity index (χ0v) is 11.8. The second kappa shape index (κ2) is 6.94. The van der Waals surface area contributed by atoms with E-state index < -0.39 is 30.2 Å². The molecule has 0 heterocycles. The molecule has 23 heavy (non-hydrogen) atoms. The Bertz CT molecular complexity index is 552. The van der Waals surface area contributed by atoms with Crippen molar-refractivity contribution in [3.63, 3.8) is 0 Å². The minimum atomic E-state index is -5.78. The number of benzene rings is 1. The molecule has 1 unspecified atom stereocenters. The molecule has 130 valence electrons. The van der Waals surface area contributed by atoms with Gasteiger partial charge in [-0.05, 0) is 12.1 Å². The molecule has 1 aromatic rings. The lowest BCUT2D eigenvalue weighted by atomic mass is 10.3. The molecule has 0 bridgehead atoms. The van der Waals surface area contributed by atoms with E-state index in [-0.39, 0.29) is 5.69 Å². The van der Waals surface area contributed by atoms with E-state index in [1.54, 1.807) is 0 Å². The van der Waals surface area contributed by atoms with E-state index in [1.165, 1.54) is 20.2 Å². The number of nitrogens with zero attached hydrogens (tertiary/aromatic N) is 1. The van der Waals surface area contributed by atoms with Gasteiger partial charge in [0.1, 0.15) is 5.75 Å². The molecule has 0 radical (unpaired) electrons. The largest absolute Gasteiger partial charge is 0.439 e. The first-order valence-corrected chi connectivity index (χ1v) is 5.94. The Balaban J connectivity index is 2.87. The molecule has 0 aromatic heterocycles. The van der Waals surface area contributed by atoms with Crippen molar-refractivity contribution >= 4 is 11.7 Å². The van der Waals surface area contributed by atoms with E-state index in [1.807, 2.05) is 0 Å². The monoisotopic (exact) mass is 346 g/mol. The van der Waals surface area contributed by atoms with Crippen molar-refractivity contribution in [3.8, 4) is 5.75 Å². The van der Waals surface area contributed by atoms with Crippen molar-refractivity contribution in [2.75, 3.05) is 19.5 Å². The number of alkyl halides is 6. The summed E-state index contributed by atoms with van der Waals surface area (Å²) in [5.74, 6) is -0.764. The van der Waals surface area contributed by atoms with Gasteiger partial charge in [-0.25, -0.2) is 14.2 Å². The second-order valence-corrected chi connectivity index (χ2v) is 4.21. The minimum Gasteiger partial charge on any atom is -0.430 e. The number of hydrogen-bond acceptors (Lipinski definition) is 3. The molecule has 0 aliphatic carbocycles. The maximum absolute atomic E-state index is 13.1. The summed E-state index contributed by atoms with van der Waals surface area (Å²) < 4.78 is 78.8. The molecule has 1 atom stereocenters.